The van der Waals surface area contributed by atoms with Crippen molar-refractivity contribution in [2.45, 2.75) is 37.6 Å². The monoisotopic (exact) mass is 367 g/mol. The van der Waals surface area contributed by atoms with Crippen molar-refractivity contribution >= 4 is 15.9 Å². The molecule has 0 N–H and O–H groups in total. The average Bonchev–Trinajstić information content (AvgIpc) is 2.80. The number of hydrogen-bond donors (Lipinski definition) is 0. The van der Waals surface area contributed by atoms with E-state index in [0.717, 1.165) is 23.8 Å². The summed E-state index contributed by atoms with van der Waals surface area (Å²) in [4.78, 5) is 17.2. The Morgan fingerprint density at radius 1 is 1.08 bits per heavy atom. The van der Waals surface area contributed by atoms with Crippen LogP contribution in [0.4, 0.5) is 0 Å². The Hall–Kier alpha value is -1.44. The molecule has 140 valence electrons. The molecule has 0 aromatic heterocycles. The fraction of sp³-hybridized carbons (Fsp3) is 0.611. The summed E-state index contributed by atoms with van der Waals surface area (Å²) in [6.45, 7) is 9.67. The highest BCUT2D eigenvalue weighted by molar-refractivity contribution is 7.89. The van der Waals surface area contributed by atoms with Gasteiger partial charge in [-0.25, -0.2) is 12.7 Å². The van der Waals surface area contributed by atoms with Crippen molar-refractivity contribution in [2.75, 3.05) is 40.3 Å². The first-order chi connectivity index (χ1) is 11.5. The third-order valence-corrected chi connectivity index (χ3v) is 6.40. The summed E-state index contributed by atoms with van der Waals surface area (Å²) in [6.07, 6.45) is 0.915. The Morgan fingerprint density at radius 2 is 1.76 bits per heavy atom. The van der Waals surface area contributed by atoms with Gasteiger partial charge in [0.25, 0.3) is 5.91 Å². The lowest BCUT2D eigenvalue weighted by atomic mass is 10.1. The van der Waals surface area contributed by atoms with Crippen LogP contribution in [-0.4, -0.2) is 74.2 Å². The molecule has 1 aromatic carbocycles. The van der Waals surface area contributed by atoms with Crippen LogP contribution in [0.3, 0.4) is 0 Å². The van der Waals surface area contributed by atoms with Crippen LogP contribution >= 0.6 is 0 Å². The summed E-state index contributed by atoms with van der Waals surface area (Å²) in [6, 6.07) is 6.31. The van der Waals surface area contributed by atoms with Crippen molar-refractivity contribution in [2.24, 2.45) is 0 Å². The van der Waals surface area contributed by atoms with Crippen LogP contribution < -0.4 is 0 Å². The van der Waals surface area contributed by atoms with Gasteiger partial charge in [0.2, 0.25) is 10.0 Å². The number of nitrogens with zero attached hydrogens (tertiary/aromatic N) is 3. The summed E-state index contributed by atoms with van der Waals surface area (Å²) < 4.78 is 25.7. The zero-order chi connectivity index (χ0) is 18.8. The first-order valence-corrected chi connectivity index (χ1v) is 10.0. The van der Waals surface area contributed by atoms with Gasteiger partial charge in [-0.2, -0.15) is 0 Å². The van der Waals surface area contributed by atoms with E-state index in [0.29, 0.717) is 18.7 Å². The lowest BCUT2D eigenvalue weighted by molar-refractivity contribution is 0.0749. The molecule has 6 nitrogen and oxygen atoms in total. The van der Waals surface area contributed by atoms with Crippen LogP contribution in [0.15, 0.2) is 29.2 Å². The lowest BCUT2D eigenvalue weighted by Gasteiger charge is -2.34. The van der Waals surface area contributed by atoms with E-state index in [1.165, 1.54) is 26.2 Å². The minimum atomic E-state index is -3.54. The van der Waals surface area contributed by atoms with E-state index in [1.807, 2.05) is 4.90 Å². The fourth-order valence-corrected chi connectivity index (χ4v) is 3.92. The Bertz CT molecular complexity index is 723. The third-order valence-electron chi connectivity index (χ3n) is 4.59. The standard InChI is InChI=1S/C18H29N3O3S/c1-18(2,3)21-11-7-10-20(12-13-21)17(22)15-8-6-9-16(14-15)25(23,24)19(4)5/h6,8-9,14H,7,10-13H2,1-5H3. The molecule has 0 saturated carbocycles. The molecule has 0 bridgehead atoms. The molecule has 7 heteroatoms. The van der Waals surface area contributed by atoms with Crippen LogP contribution in [0.5, 0.6) is 0 Å². The second-order valence-electron chi connectivity index (χ2n) is 7.62. The molecule has 1 amide bonds. The van der Waals surface area contributed by atoms with Crippen molar-refractivity contribution in [3.8, 4) is 0 Å². The number of sulfonamides is 1. The van der Waals surface area contributed by atoms with Gasteiger partial charge in [-0.15, -0.1) is 0 Å². The van der Waals surface area contributed by atoms with Gasteiger partial charge in [0.05, 0.1) is 4.90 Å². The Balaban J connectivity index is 2.19. The maximum absolute atomic E-state index is 12.9. The van der Waals surface area contributed by atoms with Gasteiger partial charge in [0, 0.05) is 51.4 Å². The molecule has 1 aromatic rings. The van der Waals surface area contributed by atoms with E-state index >= 15 is 0 Å². The molecule has 25 heavy (non-hydrogen) atoms. The Labute approximate surface area is 151 Å². The molecule has 1 aliphatic rings. The molecular weight excluding hydrogens is 338 g/mol. The van der Waals surface area contributed by atoms with E-state index in [1.54, 1.807) is 12.1 Å². The number of carbonyl (C=O) groups excluding carboxylic acids is 1. The fourth-order valence-electron chi connectivity index (χ4n) is 2.97. The molecule has 1 saturated heterocycles. The molecule has 0 unspecified atom stereocenters. The number of benzene rings is 1. The molecule has 1 heterocycles. The second-order valence-corrected chi connectivity index (χ2v) is 9.77. The molecule has 0 aliphatic carbocycles. The molecule has 1 aliphatic heterocycles. The van der Waals surface area contributed by atoms with E-state index < -0.39 is 10.0 Å². The van der Waals surface area contributed by atoms with Crippen LogP contribution in [0, 0.1) is 0 Å². The highest BCUT2D eigenvalue weighted by Gasteiger charge is 2.27. The van der Waals surface area contributed by atoms with Crippen LogP contribution in [0.2, 0.25) is 0 Å². The van der Waals surface area contributed by atoms with Gasteiger partial charge in [-0.05, 0) is 45.4 Å². The number of carbonyl (C=O) groups is 1. The number of hydrogen-bond acceptors (Lipinski definition) is 4. The van der Waals surface area contributed by atoms with Gasteiger partial charge in [0.1, 0.15) is 0 Å². The van der Waals surface area contributed by atoms with Crippen molar-refractivity contribution in [3.63, 3.8) is 0 Å². The highest BCUT2D eigenvalue weighted by Crippen LogP contribution is 2.19. The Kier molecular flexibility index (Phi) is 5.91. The summed E-state index contributed by atoms with van der Waals surface area (Å²) in [5.41, 5.74) is 0.505. The maximum Gasteiger partial charge on any atom is 0.253 e. The van der Waals surface area contributed by atoms with Gasteiger partial charge in [0.15, 0.2) is 0 Å². The molecule has 1 fully saturated rings. The van der Waals surface area contributed by atoms with Crippen LogP contribution in [-0.2, 0) is 10.0 Å². The largest absolute Gasteiger partial charge is 0.337 e. The number of amides is 1. The minimum Gasteiger partial charge on any atom is -0.337 e. The summed E-state index contributed by atoms with van der Waals surface area (Å²) in [5.74, 6) is -0.105. The molecule has 0 atom stereocenters. The summed E-state index contributed by atoms with van der Waals surface area (Å²) >= 11 is 0. The lowest BCUT2D eigenvalue weighted by Crippen LogP contribution is -2.44. The van der Waals surface area contributed by atoms with E-state index in [-0.39, 0.29) is 16.3 Å². The highest BCUT2D eigenvalue weighted by atomic mass is 32.2. The smallest absolute Gasteiger partial charge is 0.253 e. The van der Waals surface area contributed by atoms with E-state index in [9.17, 15) is 13.2 Å². The molecule has 0 spiro atoms. The van der Waals surface area contributed by atoms with Gasteiger partial charge < -0.3 is 4.90 Å². The third kappa shape index (κ3) is 4.59. The maximum atomic E-state index is 12.9. The SMILES string of the molecule is CN(C)S(=O)(=O)c1cccc(C(=O)N2CCCN(C(C)(C)C)CC2)c1. The Morgan fingerprint density at radius 3 is 2.36 bits per heavy atom. The van der Waals surface area contributed by atoms with E-state index in [4.69, 9.17) is 0 Å². The van der Waals surface area contributed by atoms with Gasteiger partial charge in [-0.3, -0.25) is 9.69 Å². The average molecular weight is 368 g/mol. The molecule has 0 radical (unpaired) electrons. The second kappa shape index (κ2) is 7.43. The summed E-state index contributed by atoms with van der Waals surface area (Å²) in [5, 5.41) is 0. The van der Waals surface area contributed by atoms with Crippen molar-refractivity contribution in [1.29, 1.82) is 0 Å². The first-order valence-electron chi connectivity index (χ1n) is 8.60. The molecule has 2 rings (SSSR count). The first kappa shape index (κ1) is 19.9. The zero-order valence-electron chi connectivity index (χ0n) is 15.8. The van der Waals surface area contributed by atoms with Crippen LogP contribution in [0.25, 0.3) is 0 Å². The van der Waals surface area contributed by atoms with Gasteiger partial charge in [-0.1, -0.05) is 6.07 Å². The number of rotatable bonds is 3. The van der Waals surface area contributed by atoms with Gasteiger partial charge >= 0.3 is 0 Å². The normalized spacial score (nSPS) is 17.6. The predicted octanol–water partition coefficient (Wildman–Crippen LogP) is 1.88. The minimum absolute atomic E-state index is 0.0821. The van der Waals surface area contributed by atoms with Crippen LogP contribution in [0.1, 0.15) is 37.6 Å². The van der Waals surface area contributed by atoms with Crippen molar-refractivity contribution in [1.82, 2.24) is 14.1 Å². The van der Waals surface area contributed by atoms with Crippen molar-refractivity contribution < 1.29 is 13.2 Å². The summed E-state index contributed by atoms with van der Waals surface area (Å²) in [7, 11) is -0.573. The predicted molar refractivity (Wildman–Crippen MR) is 99.2 cm³/mol. The topological polar surface area (TPSA) is 60.9 Å². The van der Waals surface area contributed by atoms with E-state index in [2.05, 4.69) is 25.7 Å². The zero-order valence-corrected chi connectivity index (χ0v) is 16.6. The quantitative estimate of drug-likeness (QED) is 0.818. The van der Waals surface area contributed by atoms with Crippen molar-refractivity contribution in [3.05, 3.63) is 29.8 Å². The molecular formula is C18H29N3O3S.